The number of sulfonamides is 1. The summed E-state index contributed by atoms with van der Waals surface area (Å²) >= 11 is 1.53. The van der Waals surface area contributed by atoms with Gasteiger partial charge in [0.1, 0.15) is 0 Å². The molecular weight excluding hydrogens is 328 g/mol. The van der Waals surface area contributed by atoms with E-state index in [1.807, 2.05) is 32.0 Å². The van der Waals surface area contributed by atoms with Crippen molar-refractivity contribution < 1.29 is 8.42 Å². The van der Waals surface area contributed by atoms with E-state index < -0.39 is 10.0 Å². The molecule has 0 atom stereocenters. The Hall–Kier alpha value is -2.18. The lowest BCUT2D eigenvalue weighted by Crippen LogP contribution is -2.13. The van der Waals surface area contributed by atoms with Crippen molar-refractivity contribution in [2.75, 3.05) is 4.72 Å². The Kier molecular flexibility index (Phi) is 4.19. The molecule has 6 heteroatoms. The van der Waals surface area contributed by atoms with Crippen molar-refractivity contribution in [2.45, 2.75) is 18.7 Å². The van der Waals surface area contributed by atoms with E-state index in [0.29, 0.717) is 5.69 Å². The number of para-hydroxylation sites is 1. The second kappa shape index (κ2) is 6.14. The van der Waals surface area contributed by atoms with Gasteiger partial charge in [0.15, 0.2) is 0 Å². The Bertz CT molecular complexity index is 929. The molecule has 0 unspecified atom stereocenters. The lowest BCUT2D eigenvalue weighted by molar-refractivity contribution is 0.601. The Morgan fingerprint density at radius 1 is 1.00 bits per heavy atom. The topological polar surface area (TPSA) is 59.1 Å². The van der Waals surface area contributed by atoms with Crippen LogP contribution >= 0.6 is 11.3 Å². The number of hydrogen-bond acceptors (Lipinski definition) is 4. The maximum atomic E-state index is 12.6. The Balaban J connectivity index is 1.98. The fourth-order valence-corrected chi connectivity index (χ4v) is 4.09. The summed E-state index contributed by atoms with van der Waals surface area (Å²) < 4.78 is 27.8. The fourth-order valence-electron chi connectivity index (χ4n) is 2.19. The van der Waals surface area contributed by atoms with Gasteiger partial charge >= 0.3 is 0 Å². The van der Waals surface area contributed by atoms with Crippen molar-refractivity contribution in [3.05, 3.63) is 65.3 Å². The van der Waals surface area contributed by atoms with Gasteiger partial charge in [-0.05, 0) is 32.0 Å². The van der Waals surface area contributed by atoms with Gasteiger partial charge in [0, 0.05) is 11.8 Å². The van der Waals surface area contributed by atoms with Gasteiger partial charge in [-0.2, -0.15) is 0 Å². The van der Waals surface area contributed by atoms with E-state index in [1.165, 1.54) is 11.3 Å². The smallest absolute Gasteiger partial charge is 0.261 e. The average Bonchev–Trinajstić information content (AvgIpc) is 2.94. The molecule has 0 aliphatic heterocycles. The molecule has 0 fully saturated rings. The third-order valence-electron chi connectivity index (χ3n) is 3.39. The van der Waals surface area contributed by atoms with Gasteiger partial charge in [-0.3, -0.25) is 4.72 Å². The molecule has 3 aromatic rings. The minimum Gasteiger partial charge on any atom is -0.279 e. The molecule has 0 radical (unpaired) electrons. The first kappa shape index (κ1) is 15.7. The number of nitrogens with zero attached hydrogens (tertiary/aromatic N) is 1. The molecule has 1 N–H and O–H groups in total. The minimum absolute atomic E-state index is 0.249. The van der Waals surface area contributed by atoms with Crippen molar-refractivity contribution in [3.63, 3.8) is 0 Å². The zero-order chi connectivity index (χ0) is 16.4. The van der Waals surface area contributed by atoms with E-state index in [0.717, 1.165) is 21.0 Å². The number of anilines is 1. The van der Waals surface area contributed by atoms with E-state index >= 15 is 0 Å². The lowest BCUT2D eigenvalue weighted by atomic mass is 10.1. The van der Waals surface area contributed by atoms with Gasteiger partial charge in [-0.25, -0.2) is 13.4 Å². The van der Waals surface area contributed by atoms with Crippen LogP contribution in [0.3, 0.4) is 0 Å². The molecule has 118 valence electrons. The first-order valence-electron chi connectivity index (χ1n) is 7.07. The van der Waals surface area contributed by atoms with Crippen molar-refractivity contribution in [1.29, 1.82) is 0 Å². The summed E-state index contributed by atoms with van der Waals surface area (Å²) in [5.74, 6) is 0. The standard InChI is InChI=1S/C17H16N2O2S2/c1-12-7-9-14(10-8-12)23(20,21)19-16-6-4-3-5-15(16)17-11-18-13(2)22-17/h3-11,19H,1-2H3. The Morgan fingerprint density at radius 3 is 2.35 bits per heavy atom. The molecule has 4 nitrogen and oxygen atoms in total. The maximum Gasteiger partial charge on any atom is 0.261 e. The molecule has 0 aliphatic rings. The van der Waals surface area contributed by atoms with Gasteiger partial charge in [0.25, 0.3) is 10.0 Å². The van der Waals surface area contributed by atoms with Gasteiger partial charge in [-0.15, -0.1) is 11.3 Å². The second-order valence-electron chi connectivity index (χ2n) is 5.21. The summed E-state index contributed by atoms with van der Waals surface area (Å²) in [5, 5.41) is 0.941. The number of aromatic nitrogens is 1. The van der Waals surface area contributed by atoms with Crippen LogP contribution in [0.2, 0.25) is 0 Å². The van der Waals surface area contributed by atoms with E-state index in [9.17, 15) is 8.42 Å². The Labute approximate surface area is 139 Å². The van der Waals surface area contributed by atoms with Crippen LogP contribution in [0.4, 0.5) is 5.69 Å². The number of benzene rings is 2. The number of aryl methyl sites for hydroxylation is 2. The van der Waals surface area contributed by atoms with E-state index in [2.05, 4.69) is 9.71 Å². The predicted molar refractivity (Wildman–Crippen MR) is 94.3 cm³/mol. The quantitative estimate of drug-likeness (QED) is 0.770. The van der Waals surface area contributed by atoms with Gasteiger partial charge in [0.05, 0.1) is 20.5 Å². The first-order chi connectivity index (χ1) is 11.0. The van der Waals surface area contributed by atoms with Gasteiger partial charge in [0.2, 0.25) is 0 Å². The number of rotatable bonds is 4. The summed E-state index contributed by atoms with van der Waals surface area (Å²) in [7, 11) is -3.62. The maximum absolute atomic E-state index is 12.6. The third-order valence-corrected chi connectivity index (χ3v) is 5.72. The van der Waals surface area contributed by atoms with Crippen LogP contribution in [-0.4, -0.2) is 13.4 Å². The highest BCUT2D eigenvalue weighted by molar-refractivity contribution is 7.92. The summed E-state index contributed by atoms with van der Waals surface area (Å²) in [5.41, 5.74) is 2.40. The zero-order valence-electron chi connectivity index (χ0n) is 12.8. The number of nitrogens with one attached hydrogen (secondary N) is 1. The first-order valence-corrected chi connectivity index (χ1v) is 9.37. The number of hydrogen-bond donors (Lipinski definition) is 1. The summed E-state index contributed by atoms with van der Waals surface area (Å²) in [6.07, 6.45) is 1.76. The van der Waals surface area contributed by atoms with E-state index in [-0.39, 0.29) is 4.90 Å². The molecule has 2 aromatic carbocycles. The molecule has 1 heterocycles. The van der Waals surface area contributed by atoms with Gasteiger partial charge in [-0.1, -0.05) is 35.9 Å². The normalized spacial score (nSPS) is 11.4. The summed E-state index contributed by atoms with van der Waals surface area (Å²) in [6.45, 7) is 3.85. The lowest BCUT2D eigenvalue weighted by Gasteiger charge is -2.11. The SMILES string of the molecule is Cc1ccc(S(=O)(=O)Nc2ccccc2-c2cnc(C)s2)cc1. The van der Waals surface area contributed by atoms with Crippen LogP contribution < -0.4 is 4.72 Å². The van der Waals surface area contributed by atoms with Crippen LogP contribution in [0.25, 0.3) is 10.4 Å². The molecular formula is C17H16N2O2S2. The van der Waals surface area contributed by atoms with Crippen molar-refractivity contribution in [2.24, 2.45) is 0 Å². The molecule has 0 saturated heterocycles. The van der Waals surface area contributed by atoms with E-state index in [4.69, 9.17) is 0 Å². The second-order valence-corrected chi connectivity index (χ2v) is 8.12. The molecule has 1 aromatic heterocycles. The third kappa shape index (κ3) is 3.43. The van der Waals surface area contributed by atoms with Crippen LogP contribution in [-0.2, 0) is 10.0 Å². The molecule has 0 amide bonds. The monoisotopic (exact) mass is 344 g/mol. The molecule has 0 aliphatic carbocycles. The molecule has 23 heavy (non-hydrogen) atoms. The highest BCUT2D eigenvalue weighted by atomic mass is 32.2. The van der Waals surface area contributed by atoms with Crippen molar-refractivity contribution in [3.8, 4) is 10.4 Å². The van der Waals surface area contributed by atoms with Crippen molar-refractivity contribution in [1.82, 2.24) is 4.98 Å². The highest BCUT2D eigenvalue weighted by Crippen LogP contribution is 2.33. The van der Waals surface area contributed by atoms with Gasteiger partial charge < -0.3 is 0 Å². The van der Waals surface area contributed by atoms with Crippen LogP contribution in [0, 0.1) is 13.8 Å². The molecule has 3 rings (SSSR count). The molecule has 0 saturated carbocycles. The highest BCUT2D eigenvalue weighted by Gasteiger charge is 2.17. The van der Waals surface area contributed by atoms with E-state index in [1.54, 1.807) is 36.5 Å². The fraction of sp³-hybridized carbons (Fsp3) is 0.118. The predicted octanol–water partition coefficient (Wildman–Crippen LogP) is 4.23. The average molecular weight is 344 g/mol. The van der Waals surface area contributed by atoms with Crippen LogP contribution in [0.15, 0.2) is 59.6 Å². The number of thiazole rings is 1. The Morgan fingerprint density at radius 2 is 1.70 bits per heavy atom. The molecule has 0 spiro atoms. The zero-order valence-corrected chi connectivity index (χ0v) is 14.4. The largest absolute Gasteiger partial charge is 0.279 e. The van der Waals surface area contributed by atoms with Crippen LogP contribution in [0.1, 0.15) is 10.6 Å². The van der Waals surface area contributed by atoms with Crippen molar-refractivity contribution >= 4 is 27.0 Å². The molecule has 0 bridgehead atoms. The summed E-state index contributed by atoms with van der Waals surface area (Å²) in [4.78, 5) is 5.42. The minimum atomic E-state index is -3.62. The van der Waals surface area contributed by atoms with Crippen LogP contribution in [0.5, 0.6) is 0 Å². The summed E-state index contributed by atoms with van der Waals surface area (Å²) in [6, 6.07) is 14.1.